The summed E-state index contributed by atoms with van der Waals surface area (Å²) in [6.07, 6.45) is 0. The van der Waals surface area contributed by atoms with Crippen molar-refractivity contribution in [2.24, 2.45) is 0 Å². The number of aromatic nitrogens is 3. The van der Waals surface area contributed by atoms with Crippen molar-refractivity contribution >= 4 is 141 Å². The highest BCUT2D eigenvalue weighted by molar-refractivity contribution is 9.12. The number of hydrogen-bond acceptors (Lipinski definition) is 6. The summed E-state index contributed by atoms with van der Waals surface area (Å²) in [4.78, 5) is 13.0. The Morgan fingerprint density at radius 3 is 1.06 bits per heavy atom. The van der Waals surface area contributed by atoms with E-state index in [1.54, 1.807) is 12.1 Å². The van der Waals surface area contributed by atoms with Crippen molar-refractivity contribution in [2.45, 2.75) is 0 Å². The van der Waals surface area contributed by atoms with E-state index in [1.807, 2.05) is 24.3 Å². The molecule has 0 atom stereocenters. The van der Waals surface area contributed by atoms with E-state index in [0.717, 1.165) is 13.4 Å². The second kappa shape index (κ2) is 12.4. The van der Waals surface area contributed by atoms with Crippen LogP contribution in [0.2, 0.25) is 0 Å². The molecule has 0 spiro atoms. The maximum atomic E-state index is 6.15. The zero-order valence-electron chi connectivity index (χ0n) is 17.1. The van der Waals surface area contributed by atoms with Crippen molar-refractivity contribution in [1.29, 1.82) is 0 Å². The second-order valence-electron chi connectivity index (χ2n) is 6.69. The van der Waals surface area contributed by atoms with E-state index in [-0.39, 0.29) is 18.0 Å². The molecule has 6 nitrogen and oxygen atoms in total. The minimum absolute atomic E-state index is 0.0742. The van der Waals surface area contributed by atoms with Gasteiger partial charge in [-0.25, -0.2) is 0 Å². The van der Waals surface area contributed by atoms with Gasteiger partial charge in [0.1, 0.15) is 13.6 Å². The molecule has 0 aliphatic heterocycles. The Bertz CT molecular complexity index is 1240. The Morgan fingerprint density at radius 2 is 0.722 bits per heavy atom. The molecule has 1 heterocycles. The molecule has 0 saturated heterocycles. The largest absolute Gasteiger partial charge is 0.423 e. The topological polar surface area (TPSA) is 66.4 Å². The third kappa shape index (κ3) is 7.13. The molecule has 0 saturated carbocycles. The van der Waals surface area contributed by atoms with Gasteiger partial charge in [-0.1, -0.05) is 59.3 Å². The van der Waals surface area contributed by atoms with Gasteiger partial charge < -0.3 is 14.2 Å². The van der Waals surface area contributed by atoms with Gasteiger partial charge in [-0.05, 0) is 110 Å². The van der Waals surface area contributed by atoms with Gasteiger partial charge in [-0.3, -0.25) is 0 Å². The molecule has 2 radical (unpaired) electrons. The lowest BCUT2D eigenvalue weighted by Crippen LogP contribution is -2.09. The van der Waals surface area contributed by atoms with Crippen LogP contribution in [0.15, 0.2) is 72.2 Å². The molecule has 1 aromatic heterocycles. The molecule has 15 heteroatoms. The van der Waals surface area contributed by atoms with Gasteiger partial charge in [0.2, 0.25) is 0 Å². The number of ether oxygens (including phenoxy) is 3. The molecule has 0 N–H and O–H groups in total. The third-order valence-electron chi connectivity index (χ3n) is 4.12. The van der Waals surface area contributed by atoms with Crippen LogP contribution in [0, 0.1) is 0 Å². The Hall–Kier alpha value is -0.0251. The monoisotopic (exact) mass is 990 g/mol. The first-order chi connectivity index (χ1) is 17.0. The molecular formula is C21H6BBr8N3O3. The Balaban J connectivity index is 1.79. The summed E-state index contributed by atoms with van der Waals surface area (Å²) in [6, 6.07) is 10.5. The van der Waals surface area contributed by atoms with Crippen LogP contribution >= 0.6 is 127 Å². The van der Waals surface area contributed by atoms with Gasteiger partial charge in [0, 0.05) is 13.4 Å². The molecule has 0 aliphatic rings. The zero-order valence-corrected chi connectivity index (χ0v) is 29.8. The van der Waals surface area contributed by atoms with Crippen LogP contribution < -0.4 is 19.7 Å². The Morgan fingerprint density at radius 1 is 0.444 bits per heavy atom. The van der Waals surface area contributed by atoms with Crippen LogP contribution in [-0.2, 0) is 0 Å². The molecule has 36 heavy (non-hydrogen) atoms. The highest BCUT2D eigenvalue weighted by Gasteiger charge is 2.19. The van der Waals surface area contributed by atoms with Gasteiger partial charge in [0.25, 0.3) is 0 Å². The van der Waals surface area contributed by atoms with Crippen LogP contribution in [0.5, 0.6) is 35.3 Å². The second-order valence-corrected chi connectivity index (χ2v) is 13.7. The minimum Gasteiger partial charge on any atom is -0.423 e. The van der Waals surface area contributed by atoms with Gasteiger partial charge in [-0.2, -0.15) is 0 Å². The summed E-state index contributed by atoms with van der Waals surface area (Å²) in [6.45, 7) is 0. The molecule has 0 bridgehead atoms. The Labute approximate surface area is 274 Å². The first-order valence-electron chi connectivity index (χ1n) is 9.33. The number of nitrogens with zero attached hydrogens (tertiary/aromatic N) is 3. The number of hydrogen-bond donors (Lipinski definition) is 0. The van der Waals surface area contributed by atoms with Crippen molar-refractivity contribution in [3.05, 3.63) is 72.2 Å². The summed E-state index contributed by atoms with van der Waals surface area (Å²) < 4.78 is 23.6. The van der Waals surface area contributed by atoms with Gasteiger partial charge in [-0.15, -0.1) is 15.0 Å². The molecule has 0 unspecified atom stereocenters. The molecule has 0 fully saturated rings. The molecule has 4 aromatic rings. The molecule has 3 aromatic carbocycles. The number of benzene rings is 3. The smallest absolute Gasteiger partial charge is 0.331 e. The lowest BCUT2D eigenvalue weighted by Gasteiger charge is -2.14. The highest BCUT2D eigenvalue weighted by atomic mass is 79.9. The van der Waals surface area contributed by atoms with Gasteiger partial charge in [0.05, 0.1) is 22.4 Å². The predicted molar refractivity (Wildman–Crippen MR) is 166 cm³/mol. The van der Waals surface area contributed by atoms with E-state index < -0.39 is 0 Å². The maximum Gasteiger partial charge on any atom is 0.331 e. The van der Waals surface area contributed by atoms with Crippen LogP contribution in [-0.4, -0.2) is 22.8 Å². The van der Waals surface area contributed by atoms with E-state index in [4.69, 9.17) is 22.1 Å². The average Bonchev–Trinajstić information content (AvgIpc) is 2.76. The quantitative estimate of drug-likeness (QED) is 0.179. The molecule has 4 rings (SSSR count). The van der Waals surface area contributed by atoms with Gasteiger partial charge >= 0.3 is 18.0 Å². The normalized spacial score (nSPS) is 10.9. The van der Waals surface area contributed by atoms with Crippen molar-refractivity contribution < 1.29 is 14.2 Å². The van der Waals surface area contributed by atoms with E-state index in [9.17, 15) is 0 Å². The fourth-order valence-electron chi connectivity index (χ4n) is 2.67. The summed E-state index contributed by atoms with van der Waals surface area (Å²) in [5, 5.41) is 0. The summed E-state index contributed by atoms with van der Waals surface area (Å²) in [7, 11) is 6.15. The third-order valence-corrected chi connectivity index (χ3v) is 8.44. The lowest BCUT2D eigenvalue weighted by atomic mass is 9.95. The zero-order chi connectivity index (χ0) is 26.1. The minimum atomic E-state index is -0.0987. The summed E-state index contributed by atoms with van der Waals surface area (Å²) in [5.74, 6) is 1.20. The fourth-order valence-corrected chi connectivity index (χ4v) is 8.85. The van der Waals surface area contributed by atoms with Gasteiger partial charge in [0.15, 0.2) is 11.5 Å². The van der Waals surface area contributed by atoms with Crippen molar-refractivity contribution in [2.75, 3.05) is 0 Å². The van der Waals surface area contributed by atoms with Crippen LogP contribution in [0.25, 0.3) is 0 Å². The maximum absolute atomic E-state index is 6.15. The lowest BCUT2D eigenvalue weighted by molar-refractivity contribution is 0.359. The van der Waals surface area contributed by atoms with E-state index in [1.165, 1.54) is 0 Å². The summed E-state index contributed by atoms with van der Waals surface area (Å²) in [5.41, 5.74) is 0.360. The fraction of sp³-hybridized carbons (Fsp3) is 0. The van der Waals surface area contributed by atoms with E-state index in [0.29, 0.717) is 45.1 Å². The van der Waals surface area contributed by atoms with Crippen molar-refractivity contribution in [1.82, 2.24) is 15.0 Å². The summed E-state index contributed by atoms with van der Waals surface area (Å²) >= 11 is 27.7. The SMILES string of the molecule is [B]c1cc(Br)cc(Br)c1Oc1nc(Oc2c(Br)cc(Br)cc2Br)nc(Oc2c(Br)cc(Br)cc2Br)n1. The molecule has 182 valence electrons. The first-order valence-corrected chi connectivity index (χ1v) is 15.7. The number of halogens is 8. The number of rotatable bonds is 6. The van der Waals surface area contributed by atoms with Crippen LogP contribution in [0.3, 0.4) is 0 Å². The predicted octanol–water partition coefficient (Wildman–Crippen LogP) is 10.1. The van der Waals surface area contributed by atoms with E-state index in [2.05, 4.69) is 142 Å². The first kappa shape index (κ1) is 29.0. The van der Waals surface area contributed by atoms with E-state index >= 15 is 0 Å². The van der Waals surface area contributed by atoms with Crippen molar-refractivity contribution in [3.63, 3.8) is 0 Å². The standard InChI is InChI=1S/C21H6BBr8N3O3/c22-10-1-7(23)2-11(26)16(10)34-19-31-20(35-17-12(27)3-8(24)4-13(17)28)33-21(32-19)36-18-14(29)5-9(25)6-15(18)30/h1-6H. The van der Waals surface area contributed by atoms with Crippen LogP contribution in [0.1, 0.15) is 0 Å². The molecule has 0 aliphatic carbocycles. The Kier molecular flexibility index (Phi) is 10.0. The average molecular weight is 998 g/mol. The molecular weight excluding hydrogens is 992 g/mol. The van der Waals surface area contributed by atoms with Crippen molar-refractivity contribution in [3.8, 4) is 35.3 Å². The molecule has 0 amide bonds. The van der Waals surface area contributed by atoms with Crippen LogP contribution in [0.4, 0.5) is 0 Å². The highest BCUT2D eigenvalue weighted by Crippen LogP contribution is 2.41.